The predicted octanol–water partition coefficient (Wildman–Crippen LogP) is 6.15. The van der Waals surface area contributed by atoms with Crippen molar-refractivity contribution in [2.45, 2.75) is 77.0 Å². The molecule has 1 aliphatic heterocycles. The van der Waals surface area contributed by atoms with E-state index in [0.717, 1.165) is 7.11 Å². The third-order valence-electron chi connectivity index (χ3n) is 7.27. The zero-order chi connectivity index (χ0) is 28.5. The number of alkyl halides is 3. The normalized spacial score (nSPS) is 22.8. The van der Waals surface area contributed by atoms with E-state index in [1.165, 1.54) is 37.5 Å². The Morgan fingerprint density at radius 1 is 1.16 bits per heavy atom. The molecule has 1 heterocycles. The van der Waals surface area contributed by atoms with Crippen LogP contribution in [0.2, 0.25) is 0 Å². The van der Waals surface area contributed by atoms with Crippen molar-refractivity contribution in [2.75, 3.05) is 14.2 Å². The topological polar surface area (TPSA) is 71.1 Å². The number of rotatable bonds is 13. The Labute approximate surface area is 223 Å². The standard InChI is InChI=1S/C29H39F3O6/c1-7-9-13-19(3)26(35-5)20(4)23(18-24-21(8-2)16-17-25(33)37-24)38-27(34)28(36-6,29(30,31)32)22-14-11-10-12-15-22/h7,9-12,14-17,19-21,23-24,26H,8,13,18H2,1-6H3/b9-7+/t19-,20-,21+,23+,24+,26+,28+/m0/s1. The van der Waals surface area contributed by atoms with E-state index in [2.05, 4.69) is 0 Å². The summed E-state index contributed by atoms with van der Waals surface area (Å²) < 4.78 is 65.6. The molecule has 1 aliphatic rings. The summed E-state index contributed by atoms with van der Waals surface area (Å²) in [4.78, 5) is 25.6. The van der Waals surface area contributed by atoms with Gasteiger partial charge in [-0.2, -0.15) is 13.2 Å². The van der Waals surface area contributed by atoms with Gasteiger partial charge in [0.25, 0.3) is 5.60 Å². The van der Waals surface area contributed by atoms with Crippen LogP contribution in [0.15, 0.2) is 54.6 Å². The lowest BCUT2D eigenvalue weighted by Crippen LogP contribution is -2.54. The first-order valence-electron chi connectivity index (χ1n) is 12.9. The highest BCUT2D eigenvalue weighted by atomic mass is 19.4. The summed E-state index contributed by atoms with van der Waals surface area (Å²) in [6, 6.07) is 6.68. The molecule has 0 aromatic heterocycles. The monoisotopic (exact) mass is 540 g/mol. The summed E-state index contributed by atoms with van der Waals surface area (Å²) in [6.45, 7) is 7.53. The molecule has 0 amide bonds. The van der Waals surface area contributed by atoms with E-state index in [1.54, 1.807) is 19.1 Å². The molecule has 0 radical (unpaired) electrons. The lowest BCUT2D eigenvalue weighted by molar-refractivity contribution is -0.279. The van der Waals surface area contributed by atoms with Crippen LogP contribution in [0.4, 0.5) is 13.2 Å². The predicted molar refractivity (Wildman–Crippen MR) is 137 cm³/mol. The number of benzene rings is 1. The van der Waals surface area contributed by atoms with Crippen LogP contribution in [0.3, 0.4) is 0 Å². The number of cyclic esters (lactones) is 1. The zero-order valence-electron chi connectivity index (χ0n) is 22.9. The summed E-state index contributed by atoms with van der Waals surface area (Å²) >= 11 is 0. The van der Waals surface area contributed by atoms with Crippen LogP contribution in [0.1, 0.15) is 52.5 Å². The van der Waals surface area contributed by atoms with Gasteiger partial charge in [0.15, 0.2) is 0 Å². The van der Waals surface area contributed by atoms with Crippen molar-refractivity contribution in [3.63, 3.8) is 0 Å². The van der Waals surface area contributed by atoms with E-state index in [9.17, 15) is 22.8 Å². The molecule has 7 atom stereocenters. The number of allylic oxidation sites excluding steroid dienone is 2. The number of hydrogen-bond acceptors (Lipinski definition) is 6. The van der Waals surface area contributed by atoms with E-state index >= 15 is 0 Å². The number of hydrogen-bond donors (Lipinski definition) is 0. The third kappa shape index (κ3) is 7.05. The quantitative estimate of drug-likeness (QED) is 0.221. The minimum absolute atomic E-state index is 0.00410. The number of esters is 2. The van der Waals surface area contributed by atoms with Gasteiger partial charge in [-0.05, 0) is 25.7 Å². The summed E-state index contributed by atoms with van der Waals surface area (Å²) in [5.74, 6) is -2.88. The first-order chi connectivity index (χ1) is 18.0. The first-order valence-corrected chi connectivity index (χ1v) is 12.9. The van der Waals surface area contributed by atoms with Crippen molar-refractivity contribution >= 4 is 11.9 Å². The van der Waals surface area contributed by atoms with E-state index in [4.69, 9.17) is 18.9 Å². The Hall–Kier alpha value is -2.65. The average Bonchev–Trinajstić information content (AvgIpc) is 2.88. The Morgan fingerprint density at radius 2 is 1.82 bits per heavy atom. The minimum atomic E-state index is -5.11. The lowest BCUT2D eigenvalue weighted by atomic mass is 9.82. The number of ether oxygens (including phenoxy) is 4. The molecule has 1 aromatic rings. The number of halogens is 3. The van der Waals surface area contributed by atoms with Crippen molar-refractivity contribution in [1.82, 2.24) is 0 Å². The van der Waals surface area contributed by atoms with Gasteiger partial charge < -0.3 is 18.9 Å². The van der Waals surface area contributed by atoms with Crippen molar-refractivity contribution in [2.24, 2.45) is 17.8 Å². The second-order valence-electron chi connectivity index (χ2n) is 9.68. The highest BCUT2D eigenvalue weighted by molar-refractivity contribution is 5.83. The molecule has 2 rings (SSSR count). The fraction of sp³-hybridized carbons (Fsp3) is 0.586. The fourth-order valence-corrected chi connectivity index (χ4v) is 5.09. The Morgan fingerprint density at radius 3 is 2.34 bits per heavy atom. The zero-order valence-corrected chi connectivity index (χ0v) is 22.9. The first kappa shape index (κ1) is 31.6. The molecule has 6 nitrogen and oxygen atoms in total. The maximum atomic E-state index is 14.5. The van der Waals surface area contributed by atoms with E-state index < -0.39 is 53.5 Å². The SMILES string of the molecule is C/C=C/C[C@H](C)[C@@H](OC)[C@@H](C)[C@@H](C[C@H]1OC(=O)C=C[C@H]1CC)OC(=O)[C@](OC)(c1ccccc1)C(F)(F)F. The molecule has 0 aliphatic carbocycles. The highest BCUT2D eigenvalue weighted by Gasteiger charge is 2.64. The number of carbonyl (C=O) groups is 2. The molecule has 1 aromatic carbocycles. The summed E-state index contributed by atoms with van der Waals surface area (Å²) in [5.41, 5.74) is -3.73. The van der Waals surface area contributed by atoms with Gasteiger partial charge >= 0.3 is 18.1 Å². The fourth-order valence-electron chi connectivity index (χ4n) is 5.09. The maximum Gasteiger partial charge on any atom is 0.432 e. The van der Waals surface area contributed by atoms with Crippen molar-refractivity contribution in [1.29, 1.82) is 0 Å². The molecule has 212 valence electrons. The van der Waals surface area contributed by atoms with E-state index in [1.807, 2.05) is 32.9 Å². The molecule has 0 unspecified atom stereocenters. The number of methoxy groups -OCH3 is 2. The molecule has 0 bridgehead atoms. The van der Waals surface area contributed by atoms with Crippen LogP contribution >= 0.6 is 0 Å². The molecule has 0 fully saturated rings. The Bertz CT molecular complexity index is 961. The molecular weight excluding hydrogens is 501 g/mol. The van der Waals surface area contributed by atoms with Gasteiger partial charge in [-0.15, -0.1) is 0 Å². The van der Waals surface area contributed by atoms with Gasteiger partial charge in [0.1, 0.15) is 12.2 Å². The second kappa shape index (κ2) is 13.9. The van der Waals surface area contributed by atoms with Gasteiger partial charge in [0.2, 0.25) is 0 Å². The number of carbonyl (C=O) groups excluding carboxylic acids is 2. The van der Waals surface area contributed by atoms with Crippen LogP contribution < -0.4 is 0 Å². The molecule has 0 saturated heterocycles. The van der Waals surface area contributed by atoms with Crippen LogP contribution in [-0.2, 0) is 34.1 Å². The Balaban J connectivity index is 2.52. The molecule has 38 heavy (non-hydrogen) atoms. The average molecular weight is 541 g/mol. The summed E-state index contributed by atoms with van der Waals surface area (Å²) in [5, 5.41) is 0. The molecule has 9 heteroatoms. The molecular formula is C29H39F3O6. The lowest BCUT2D eigenvalue weighted by Gasteiger charge is -2.39. The molecule has 0 N–H and O–H groups in total. The highest BCUT2D eigenvalue weighted by Crippen LogP contribution is 2.44. The van der Waals surface area contributed by atoms with Gasteiger partial charge in [-0.1, -0.05) is 69.3 Å². The minimum Gasteiger partial charge on any atom is -0.459 e. The van der Waals surface area contributed by atoms with Crippen LogP contribution in [0.5, 0.6) is 0 Å². The maximum absolute atomic E-state index is 14.5. The molecule has 0 saturated carbocycles. The van der Waals surface area contributed by atoms with Gasteiger partial charge in [0, 0.05) is 44.1 Å². The van der Waals surface area contributed by atoms with Crippen molar-refractivity contribution in [3.05, 3.63) is 60.2 Å². The van der Waals surface area contributed by atoms with Gasteiger partial charge in [-0.3, -0.25) is 0 Å². The van der Waals surface area contributed by atoms with Crippen LogP contribution in [0.25, 0.3) is 0 Å². The molecule has 0 spiro atoms. The van der Waals surface area contributed by atoms with E-state index in [-0.39, 0.29) is 18.3 Å². The smallest absolute Gasteiger partial charge is 0.432 e. The second-order valence-corrected chi connectivity index (χ2v) is 9.68. The summed E-state index contributed by atoms with van der Waals surface area (Å²) in [6.07, 6.45) is 0.907. The van der Waals surface area contributed by atoms with E-state index in [0.29, 0.717) is 12.8 Å². The van der Waals surface area contributed by atoms with Crippen LogP contribution in [0, 0.1) is 17.8 Å². The third-order valence-corrected chi connectivity index (χ3v) is 7.27. The van der Waals surface area contributed by atoms with Gasteiger partial charge in [-0.25, -0.2) is 9.59 Å². The summed E-state index contributed by atoms with van der Waals surface area (Å²) in [7, 11) is 2.35. The Kier molecular flexibility index (Phi) is 11.6. The van der Waals surface area contributed by atoms with Crippen molar-refractivity contribution in [3.8, 4) is 0 Å². The van der Waals surface area contributed by atoms with Crippen LogP contribution in [-0.4, -0.2) is 50.6 Å². The largest absolute Gasteiger partial charge is 0.459 e. The van der Waals surface area contributed by atoms with Crippen molar-refractivity contribution < 1.29 is 41.7 Å². The van der Waals surface area contributed by atoms with Gasteiger partial charge in [0.05, 0.1) is 6.10 Å².